The molecule has 4 rings (SSSR count). The van der Waals surface area contributed by atoms with Crippen LogP contribution in [-0.2, 0) is 20.7 Å². The highest BCUT2D eigenvalue weighted by Gasteiger charge is 2.43. The Morgan fingerprint density at radius 3 is 2.90 bits per heavy atom. The van der Waals surface area contributed by atoms with Crippen molar-refractivity contribution in [1.29, 1.82) is 0 Å². The van der Waals surface area contributed by atoms with Gasteiger partial charge in [-0.05, 0) is 24.5 Å². The minimum Gasteiger partial charge on any atom is -0.346 e. The van der Waals surface area contributed by atoms with Crippen molar-refractivity contribution in [3.8, 4) is 0 Å². The van der Waals surface area contributed by atoms with Crippen molar-refractivity contribution in [2.24, 2.45) is 0 Å². The maximum absolute atomic E-state index is 12.8. The number of fused-ring (bicyclic) bond motifs is 1. The number of likely N-dealkylation sites (tertiary alicyclic amines) is 1. The second-order valence-electron chi connectivity index (χ2n) is 5.89. The van der Waals surface area contributed by atoms with Crippen LogP contribution < -0.4 is 0 Å². The Kier molecular flexibility index (Phi) is 3.44. The molecule has 0 N–H and O–H groups in total. The van der Waals surface area contributed by atoms with E-state index < -0.39 is 5.79 Å². The first kappa shape index (κ1) is 13.6. The zero-order valence-electron chi connectivity index (χ0n) is 11.9. The SMILES string of the molecule is O=C(C1Cc2ccccc2S1)N1CCCC2(C1)OCCO2. The summed E-state index contributed by atoms with van der Waals surface area (Å²) >= 11 is 1.70. The topological polar surface area (TPSA) is 38.8 Å². The van der Waals surface area contributed by atoms with Crippen LogP contribution in [0.15, 0.2) is 29.2 Å². The number of rotatable bonds is 1. The van der Waals surface area contributed by atoms with E-state index in [0.29, 0.717) is 19.8 Å². The van der Waals surface area contributed by atoms with Gasteiger partial charge in [0.25, 0.3) is 0 Å². The molecule has 1 atom stereocenters. The van der Waals surface area contributed by atoms with Gasteiger partial charge in [0.2, 0.25) is 5.91 Å². The first-order valence-electron chi connectivity index (χ1n) is 7.57. The molecule has 5 heteroatoms. The molecule has 0 aromatic heterocycles. The molecule has 112 valence electrons. The van der Waals surface area contributed by atoms with Crippen LogP contribution in [0.3, 0.4) is 0 Å². The number of carbonyl (C=O) groups is 1. The molecule has 3 aliphatic heterocycles. The first-order valence-corrected chi connectivity index (χ1v) is 8.45. The molecule has 1 spiro atoms. The summed E-state index contributed by atoms with van der Waals surface area (Å²) in [4.78, 5) is 16.0. The van der Waals surface area contributed by atoms with E-state index in [1.54, 1.807) is 11.8 Å². The summed E-state index contributed by atoms with van der Waals surface area (Å²) in [5.74, 6) is -0.293. The fourth-order valence-corrected chi connectivity index (χ4v) is 4.71. The van der Waals surface area contributed by atoms with Crippen molar-refractivity contribution in [2.75, 3.05) is 26.3 Å². The van der Waals surface area contributed by atoms with Crippen LogP contribution in [0.2, 0.25) is 0 Å². The van der Waals surface area contributed by atoms with Gasteiger partial charge in [-0.25, -0.2) is 0 Å². The number of hydrogen-bond acceptors (Lipinski definition) is 4. The molecule has 3 heterocycles. The Morgan fingerprint density at radius 2 is 2.10 bits per heavy atom. The zero-order valence-corrected chi connectivity index (χ0v) is 12.7. The lowest BCUT2D eigenvalue weighted by atomic mass is 10.0. The van der Waals surface area contributed by atoms with Crippen molar-refractivity contribution in [3.05, 3.63) is 29.8 Å². The van der Waals surface area contributed by atoms with Gasteiger partial charge in [0.15, 0.2) is 5.79 Å². The summed E-state index contributed by atoms with van der Waals surface area (Å²) in [6, 6.07) is 8.31. The van der Waals surface area contributed by atoms with E-state index >= 15 is 0 Å². The van der Waals surface area contributed by atoms with Gasteiger partial charge in [-0.3, -0.25) is 4.79 Å². The molecule has 1 amide bonds. The van der Waals surface area contributed by atoms with Crippen molar-refractivity contribution in [1.82, 2.24) is 4.90 Å². The van der Waals surface area contributed by atoms with Crippen LogP contribution in [0, 0.1) is 0 Å². The predicted octanol–water partition coefficient (Wildman–Crippen LogP) is 2.07. The van der Waals surface area contributed by atoms with E-state index in [1.807, 2.05) is 17.0 Å². The summed E-state index contributed by atoms with van der Waals surface area (Å²) in [5.41, 5.74) is 1.29. The number of nitrogens with zero attached hydrogens (tertiary/aromatic N) is 1. The van der Waals surface area contributed by atoms with E-state index in [-0.39, 0.29) is 11.2 Å². The number of benzene rings is 1. The molecule has 2 fully saturated rings. The average molecular weight is 305 g/mol. The van der Waals surface area contributed by atoms with Crippen molar-refractivity contribution in [2.45, 2.75) is 35.2 Å². The molecule has 0 bridgehead atoms. The number of carbonyl (C=O) groups excluding carboxylic acids is 1. The van der Waals surface area contributed by atoms with E-state index in [9.17, 15) is 4.79 Å². The summed E-state index contributed by atoms with van der Waals surface area (Å²) in [5, 5.41) is 0.0129. The average Bonchev–Trinajstić information content (AvgIpc) is 3.13. The van der Waals surface area contributed by atoms with Crippen LogP contribution >= 0.6 is 11.8 Å². The van der Waals surface area contributed by atoms with Crippen LogP contribution in [0.4, 0.5) is 0 Å². The molecule has 1 aromatic rings. The van der Waals surface area contributed by atoms with E-state index in [2.05, 4.69) is 12.1 Å². The number of hydrogen-bond donors (Lipinski definition) is 0. The van der Waals surface area contributed by atoms with Gasteiger partial charge >= 0.3 is 0 Å². The highest BCUT2D eigenvalue weighted by Crippen LogP contribution is 2.39. The van der Waals surface area contributed by atoms with Crippen LogP contribution in [0.25, 0.3) is 0 Å². The van der Waals surface area contributed by atoms with E-state index in [0.717, 1.165) is 25.8 Å². The Morgan fingerprint density at radius 1 is 1.29 bits per heavy atom. The van der Waals surface area contributed by atoms with Gasteiger partial charge in [0, 0.05) is 17.9 Å². The van der Waals surface area contributed by atoms with Gasteiger partial charge in [-0.2, -0.15) is 0 Å². The van der Waals surface area contributed by atoms with E-state index in [1.165, 1.54) is 10.5 Å². The fraction of sp³-hybridized carbons (Fsp3) is 0.562. The molecule has 0 aliphatic carbocycles. The number of thioether (sulfide) groups is 1. The third kappa shape index (κ3) is 2.47. The summed E-state index contributed by atoms with van der Waals surface area (Å²) in [6.45, 7) is 2.69. The third-order valence-electron chi connectivity index (χ3n) is 4.47. The maximum atomic E-state index is 12.8. The number of ether oxygens (including phenoxy) is 2. The van der Waals surface area contributed by atoms with Crippen LogP contribution in [-0.4, -0.2) is 48.1 Å². The van der Waals surface area contributed by atoms with Gasteiger partial charge < -0.3 is 14.4 Å². The monoisotopic (exact) mass is 305 g/mol. The van der Waals surface area contributed by atoms with Gasteiger partial charge in [-0.1, -0.05) is 18.2 Å². The lowest BCUT2D eigenvalue weighted by Gasteiger charge is -2.39. The number of piperidine rings is 1. The maximum Gasteiger partial charge on any atom is 0.236 e. The van der Waals surface area contributed by atoms with Crippen molar-refractivity contribution < 1.29 is 14.3 Å². The van der Waals surface area contributed by atoms with E-state index in [4.69, 9.17) is 9.47 Å². The lowest BCUT2D eigenvalue weighted by molar-refractivity contribution is -0.192. The van der Waals surface area contributed by atoms with Crippen LogP contribution in [0.1, 0.15) is 18.4 Å². The van der Waals surface area contributed by atoms with Gasteiger partial charge in [0.1, 0.15) is 0 Å². The van der Waals surface area contributed by atoms with Crippen molar-refractivity contribution >= 4 is 17.7 Å². The largest absolute Gasteiger partial charge is 0.346 e. The number of amides is 1. The van der Waals surface area contributed by atoms with Gasteiger partial charge in [-0.15, -0.1) is 11.8 Å². The molecule has 0 saturated carbocycles. The Balaban J connectivity index is 1.46. The summed E-state index contributed by atoms with van der Waals surface area (Å²) < 4.78 is 11.5. The molecule has 0 radical (unpaired) electrons. The Hall–Kier alpha value is -1.04. The van der Waals surface area contributed by atoms with Crippen LogP contribution in [0.5, 0.6) is 0 Å². The fourth-order valence-electron chi connectivity index (χ4n) is 3.43. The lowest BCUT2D eigenvalue weighted by Crippen LogP contribution is -2.53. The Labute approximate surface area is 128 Å². The molecule has 1 unspecified atom stereocenters. The normalized spacial score (nSPS) is 27.0. The minimum atomic E-state index is -0.524. The van der Waals surface area contributed by atoms with Gasteiger partial charge in [0.05, 0.1) is 25.0 Å². The summed E-state index contributed by atoms with van der Waals surface area (Å²) in [6.07, 6.45) is 2.69. The molecule has 2 saturated heterocycles. The molecule has 1 aromatic carbocycles. The molecule has 3 aliphatic rings. The molecule has 21 heavy (non-hydrogen) atoms. The molecule has 4 nitrogen and oxygen atoms in total. The summed E-state index contributed by atoms with van der Waals surface area (Å²) in [7, 11) is 0. The second kappa shape index (κ2) is 5.30. The standard InChI is InChI=1S/C16H19NO3S/c18-15(14-10-12-4-1-2-5-13(12)21-14)17-7-3-6-16(11-17)19-8-9-20-16/h1-2,4-5,14H,3,6-11H2. The third-order valence-corrected chi connectivity index (χ3v) is 5.77. The molecular formula is C16H19NO3S. The quantitative estimate of drug-likeness (QED) is 0.796. The zero-order chi connectivity index (χ0) is 14.3. The smallest absolute Gasteiger partial charge is 0.236 e. The highest BCUT2D eigenvalue weighted by atomic mass is 32.2. The predicted molar refractivity (Wildman–Crippen MR) is 80.2 cm³/mol. The van der Waals surface area contributed by atoms with Crippen molar-refractivity contribution in [3.63, 3.8) is 0 Å². The second-order valence-corrected chi connectivity index (χ2v) is 7.13. The highest BCUT2D eigenvalue weighted by molar-refractivity contribution is 8.01. The molecular weight excluding hydrogens is 286 g/mol. The first-order chi connectivity index (χ1) is 10.3. The Bertz CT molecular complexity index is 531. The minimum absolute atomic E-state index is 0.0129.